The van der Waals surface area contributed by atoms with Gasteiger partial charge in [0, 0.05) is 17.1 Å². The van der Waals surface area contributed by atoms with Gasteiger partial charge in [0.2, 0.25) is 5.89 Å². The fourth-order valence-corrected chi connectivity index (χ4v) is 2.91. The maximum absolute atomic E-state index is 11.3. The quantitative estimate of drug-likeness (QED) is 0.936. The number of aromatic nitrogens is 1. The van der Waals surface area contributed by atoms with E-state index in [-0.39, 0.29) is 0 Å². The Labute approximate surface area is 133 Å². The van der Waals surface area contributed by atoms with Crippen molar-refractivity contribution in [3.8, 4) is 11.3 Å². The summed E-state index contributed by atoms with van der Waals surface area (Å²) in [5.41, 5.74) is 0.200. The lowest BCUT2D eigenvalue weighted by molar-refractivity contribution is -0.147. The van der Waals surface area contributed by atoms with Crippen LogP contribution in [0.2, 0.25) is 5.02 Å². The molecule has 1 atom stereocenters. The van der Waals surface area contributed by atoms with Crippen LogP contribution in [0.4, 0.5) is 0 Å². The summed E-state index contributed by atoms with van der Waals surface area (Å²) in [4.78, 5) is 17.6. The number of rotatable bonds is 4. The van der Waals surface area contributed by atoms with Gasteiger partial charge in [-0.05, 0) is 32.0 Å². The Bertz CT molecular complexity index is 700. The molecular formula is C16H17ClN2O3. The Morgan fingerprint density at radius 1 is 1.55 bits per heavy atom. The molecule has 0 amide bonds. The Balaban J connectivity index is 1.69. The number of halogens is 1. The molecule has 0 saturated carbocycles. The zero-order chi connectivity index (χ0) is 15.7. The highest BCUT2D eigenvalue weighted by Gasteiger charge is 2.40. The maximum atomic E-state index is 11.3. The minimum atomic E-state index is -0.748. The van der Waals surface area contributed by atoms with Gasteiger partial charge >= 0.3 is 5.97 Å². The van der Waals surface area contributed by atoms with Crippen molar-refractivity contribution >= 4 is 17.6 Å². The monoisotopic (exact) mass is 320 g/mol. The zero-order valence-electron chi connectivity index (χ0n) is 12.3. The summed E-state index contributed by atoms with van der Waals surface area (Å²) in [6.07, 6.45) is 2.32. The van der Waals surface area contributed by atoms with Gasteiger partial charge < -0.3 is 9.52 Å². The topological polar surface area (TPSA) is 66.6 Å². The second-order valence-electron chi connectivity index (χ2n) is 5.96. The predicted molar refractivity (Wildman–Crippen MR) is 82.6 cm³/mol. The summed E-state index contributed by atoms with van der Waals surface area (Å²) < 4.78 is 5.76. The first-order valence-electron chi connectivity index (χ1n) is 7.13. The molecule has 2 heterocycles. The Kier molecular flexibility index (Phi) is 3.93. The van der Waals surface area contributed by atoms with Crippen molar-refractivity contribution in [2.24, 2.45) is 5.41 Å². The van der Waals surface area contributed by atoms with Gasteiger partial charge in [-0.3, -0.25) is 9.69 Å². The summed E-state index contributed by atoms with van der Waals surface area (Å²) in [7, 11) is 0. The van der Waals surface area contributed by atoms with Gasteiger partial charge in [0.05, 0.1) is 18.2 Å². The summed E-state index contributed by atoms with van der Waals surface area (Å²) in [6.45, 7) is 3.54. The minimum Gasteiger partial charge on any atom is -0.481 e. The van der Waals surface area contributed by atoms with Crippen molar-refractivity contribution in [1.29, 1.82) is 0 Å². The average Bonchev–Trinajstić information content (AvgIpc) is 3.07. The van der Waals surface area contributed by atoms with Gasteiger partial charge in [0.15, 0.2) is 5.76 Å². The highest BCUT2D eigenvalue weighted by atomic mass is 35.5. The number of carboxylic acids is 1. The van der Waals surface area contributed by atoms with E-state index in [0.29, 0.717) is 36.2 Å². The molecule has 3 rings (SSSR count). The van der Waals surface area contributed by atoms with Crippen molar-refractivity contribution in [3.05, 3.63) is 41.4 Å². The highest BCUT2D eigenvalue weighted by Crippen LogP contribution is 2.31. The Morgan fingerprint density at radius 2 is 2.36 bits per heavy atom. The van der Waals surface area contributed by atoms with Crippen LogP contribution in [0.25, 0.3) is 11.3 Å². The molecule has 2 aromatic rings. The van der Waals surface area contributed by atoms with Crippen LogP contribution in [0.1, 0.15) is 19.2 Å². The molecule has 22 heavy (non-hydrogen) atoms. The lowest BCUT2D eigenvalue weighted by Gasteiger charge is -2.18. The van der Waals surface area contributed by atoms with Crippen LogP contribution < -0.4 is 0 Å². The third kappa shape index (κ3) is 3.00. The van der Waals surface area contributed by atoms with Gasteiger partial charge in [0.25, 0.3) is 0 Å². The largest absolute Gasteiger partial charge is 0.481 e. The van der Waals surface area contributed by atoms with Crippen molar-refractivity contribution in [3.63, 3.8) is 0 Å². The van der Waals surface area contributed by atoms with E-state index < -0.39 is 11.4 Å². The number of aliphatic carboxylic acids is 1. The number of oxazole rings is 1. The molecule has 1 saturated heterocycles. The molecule has 0 aliphatic carbocycles. The van der Waals surface area contributed by atoms with Crippen LogP contribution in [-0.2, 0) is 11.3 Å². The van der Waals surface area contributed by atoms with Crippen LogP contribution in [0.15, 0.2) is 34.9 Å². The van der Waals surface area contributed by atoms with E-state index >= 15 is 0 Å². The fourth-order valence-electron chi connectivity index (χ4n) is 2.72. The third-order valence-corrected chi connectivity index (χ3v) is 4.33. The van der Waals surface area contributed by atoms with Crippen LogP contribution in [0, 0.1) is 5.41 Å². The van der Waals surface area contributed by atoms with Crippen molar-refractivity contribution in [2.75, 3.05) is 13.1 Å². The van der Waals surface area contributed by atoms with E-state index in [1.807, 2.05) is 18.2 Å². The first-order valence-corrected chi connectivity index (χ1v) is 7.50. The number of carboxylic acid groups (broad SMARTS) is 1. The van der Waals surface area contributed by atoms with E-state index in [4.69, 9.17) is 16.0 Å². The number of hydrogen-bond donors (Lipinski definition) is 1. The standard InChI is InChI=1S/C16H17ClN2O3/c1-16(15(20)21)5-6-19(10-16)9-14-18-8-13(22-14)11-3-2-4-12(17)7-11/h2-4,7-8H,5-6,9-10H2,1H3,(H,20,21). The first kappa shape index (κ1) is 15.1. The molecule has 1 aliphatic heterocycles. The summed E-state index contributed by atoms with van der Waals surface area (Å²) in [5, 5.41) is 9.90. The number of carbonyl (C=O) groups is 1. The highest BCUT2D eigenvalue weighted by molar-refractivity contribution is 6.30. The second-order valence-corrected chi connectivity index (χ2v) is 6.39. The smallest absolute Gasteiger partial charge is 0.310 e. The van der Waals surface area contributed by atoms with E-state index in [9.17, 15) is 9.90 Å². The molecule has 1 aromatic carbocycles. The Hall–Kier alpha value is -1.85. The molecule has 1 unspecified atom stereocenters. The van der Waals surface area contributed by atoms with Gasteiger partial charge in [-0.1, -0.05) is 23.7 Å². The molecule has 0 bridgehead atoms. The molecule has 1 aromatic heterocycles. The van der Waals surface area contributed by atoms with Crippen LogP contribution >= 0.6 is 11.6 Å². The lowest BCUT2D eigenvalue weighted by Crippen LogP contribution is -2.31. The Morgan fingerprint density at radius 3 is 3.05 bits per heavy atom. The molecule has 0 radical (unpaired) electrons. The normalized spacial score (nSPS) is 22.1. The summed E-state index contributed by atoms with van der Waals surface area (Å²) in [6, 6.07) is 7.40. The third-order valence-electron chi connectivity index (χ3n) is 4.09. The first-order chi connectivity index (χ1) is 10.5. The van der Waals surface area contributed by atoms with E-state index in [1.54, 1.807) is 19.2 Å². The SMILES string of the molecule is CC1(C(=O)O)CCN(Cc2ncc(-c3cccc(Cl)c3)o2)C1. The predicted octanol–water partition coefficient (Wildman–Crippen LogP) is 3.29. The molecular weight excluding hydrogens is 304 g/mol. The molecule has 5 nitrogen and oxygen atoms in total. The maximum Gasteiger partial charge on any atom is 0.310 e. The molecule has 116 valence electrons. The van der Waals surface area contributed by atoms with Crippen molar-refractivity contribution in [2.45, 2.75) is 19.9 Å². The fraction of sp³-hybridized carbons (Fsp3) is 0.375. The summed E-state index contributed by atoms with van der Waals surface area (Å²) >= 11 is 5.97. The second kappa shape index (κ2) is 5.74. The number of benzene rings is 1. The van der Waals surface area contributed by atoms with Crippen molar-refractivity contribution in [1.82, 2.24) is 9.88 Å². The van der Waals surface area contributed by atoms with Gasteiger partial charge in [-0.15, -0.1) is 0 Å². The van der Waals surface area contributed by atoms with E-state index in [2.05, 4.69) is 9.88 Å². The number of hydrogen-bond acceptors (Lipinski definition) is 4. The molecule has 1 fully saturated rings. The lowest BCUT2D eigenvalue weighted by atomic mass is 9.90. The zero-order valence-corrected chi connectivity index (χ0v) is 13.0. The molecule has 1 N–H and O–H groups in total. The van der Waals surface area contributed by atoms with Crippen molar-refractivity contribution < 1.29 is 14.3 Å². The average molecular weight is 321 g/mol. The van der Waals surface area contributed by atoms with E-state index in [1.165, 1.54) is 0 Å². The number of nitrogens with zero attached hydrogens (tertiary/aromatic N) is 2. The van der Waals surface area contributed by atoms with Gasteiger partial charge in [-0.2, -0.15) is 0 Å². The summed E-state index contributed by atoms with van der Waals surface area (Å²) in [5.74, 6) is 0.504. The minimum absolute atomic E-state index is 0.511. The van der Waals surface area contributed by atoms with E-state index in [0.717, 1.165) is 12.1 Å². The van der Waals surface area contributed by atoms with Crippen LogP contribution in [-0.4, -0.2) is 34.0 Å². The van der Waals surface area contributed by atoms with Crippen LogP contribution in [0.5, 0.6) is 0 Å². The van der Waals surface area contributed by atoms with Gasteiger partial charge in [-0.25, -0.2) is 4.98 Å². The molecule has 1 aliphatic rings. The van der Waals surface area contributed by atoms with Crippen LogP contribution in [0.3, 0.4) is 0 Å². The molecule has 6 heteroatoms. The number of likely N-dealkylation sites (tertiary alicyclic amines) is 1. The van der Waals surface area contributed by atoms with Gasteiger partial charge in [0.1, 0.15) is 0 Å². The molecule has 0 spiro atoms.